The van der Waals surface area contributed by atoms with Crippen LogP contribution in [0.3, 0.4) is 0 Å². The normalized spacial score (nSPS) is 12.3. The van der Waals surface area contributed by atoms with Gasteiger partial charge in [0.15, 0.2) is 8.24 Å². The second-order valence-corrected chi connectivity index (χ2v) is 11.0. The summed E-state index contributed by atoms with van der Waals surface area (Å²) in [5, 5.41) is 3.57. The number of nitrogens with one attached hydrogen (secondary N) is 1. The maximum Gasteiger partial charge on any atom is 0.175 e. The van der Waals surface area contributed by atoms with E-state index in [-0.39, 0.29) is 0 Å². The number of rotatable bonds is 3. The fourth-order valence-corrected chi connectivity index (χ4v) is 3.08. The average molecular weight is 296 g/mol. The third-order valence-electron chi connectivity index (χ3n) is 3.22. The molecule has 0 spiro atoms. The first kappa shape index (κ1) is 15.5. The predicted octanol–water partition coefficient (Wildman–Crippen LogP) is 5.00. The van der Waals surface area contributed by atoms with Crippen LogP contribution in [0.2, 0.25) is 19.6 Å². The lowest BCUT2D eigenvalue weighted by Crippen LogP contribution is -2.25. The molecule has 0 saturated heterocycles. The van der Waals surface area contributed by atoms with Crippen LogP contribution in [-0.2, 0) is 0 Å². The molecule has 0 heterocycles. The van der Waals surface area contributed by atoms with E-state index in [9.17, 15) is 0 Å². The first-order valence-corrected chi connectivity index (χ1v) is 10.8. The van der Waals surface area contributed by atoms with Crippen molar-refractivity contribution in [2.45, 2.75) is 33.5 Å². The summed E-state index contributed by atoms with van der Waals surface area (Å²) in [5.74, 6) is 0.979. The lowest BCUT2D eigenvalue weighted by Gasteiger charge is -2.19. The Bertz CT molecular complexity index is 620. The predicted molar refractivity (Wildman–Crippen MR) is 95.9 cm³/mol. The summed E-state index contributed by atoms with van der Waals surface area (Å²) < 4.78 is 5.00. The Kier molecular flexibility index (Phi) is 4.63. The Morgan fingerprint density at radius 2 is 1.43 bits per heavy atom. The van der Waals surface area contributed by atoms with Crippen molar-refractivity contribution in [1.29, 1.82) is 0 Å². The molecule has 2 rings (SSSR count). The maximum atomic E-state index is 5.00. The van der Waals surface area contributed by atoms with E-state index in [0.717, 1.165) is 11.4 Å². The standard InChI is InChI=1S/C18H24N2Si/c1-14-10-9-11-15(2)17(14)19-18(20-21(3,4)5)16-12-7-6-8-13-16/h6-13H,1-5H3,(H,19,20). The second-order valence-electron chi connectivity index (χ2n) is 6.39. The van der Waals surface area contributed by atoms with Crippen molar-refractivity contribution in [3.8, 4) is 0 Å². The van der Waals surface area contributed by atoms with Crippen LogP contribution in [0.15, 0.2) is 53.2 Å². The van der Waals surface area contributed by atoms with E-state index in [0.29, 0.717) is 0 Å². The Morgan fingerprint density at radius 1 is 0.857 bits per heavy atom. The van der Waals surface area contributed by atoms with E-state index in [1.165, 1.54) is 16.8 Å². The molecule has 3 heteroatoms. The van der Waals surface area contributed by atoms with Gasteiger partial charge in [0.1, 0.15) is 5.84 Å². The minimum atomic E-state index is -1.57. The van der Waals surface area contributed by atoms with Crippen molar-refractivity contribution in [3.63, 3.8) is 0 Å². The van der Waals surface area contributed by atoms with E-state index in [2.05, 4.69) is 81.3 Å². The molecule has 0 bridgehead atoms. The summed E-state index contributed by atoms with van der Waals surface area (Å²) >= 11 is 0. The van der Waals surface area contributed by atoms with Crippen molar-refractivity contribution < 1.29 is 0 Å². The van der Waals surface area contributed by atoms with Crippen LogP contribution in [0.4, 0.5) is 5.69 Å². The highest BCUT2D eigenvalue weighted by Gasteiger charge is 2.15. The van der Waals surface area contributed by atoms with Gasteiger partial charge < -0.3 is 9.97 Å². The molecule has 0 aromatic heterocycles. The molecule has 0 atom stereocenters. The maximum absolute atomic E-state index is 5.00. The van der Waals surface area contributed by atoms with Crippen molar-refractivity contribution in [1.82, 2.24) is 0 Å². The highest BCUT2D eigenvalue weighted by molar-refractivity contribution is 6.75. The van der Waals surface area contributed by atoms with Crippen LogP contribution in [-0.4, -0.2) is 14.1 Å². The molecule has 21 heavy (non-hydrogen) atoms. The molecule has 2 aromatic carbocycles. The fourth-order valence-electron chi connectivity index (χ4n) is 2.23. The van der Waals surface area contributed by atoms with Crippen LogP contribution < -0.4 is 5.32 Å². The zero-order chi connectivity index (χ0) is 15.5. The zero-order valence-electron chi connectivity index (χ0n) is 13.6. The Balaban J connectivity index is 2.45. The van der Waals surface area contributed by atoms with E-state index < -0.39 is 8.24 Å². The van der Waals surface area contributed by atoms with Gasteiger partial charge in [-0.25, -0.2) is 0 Å². The minimum Gasteiger partial charge on any atom is -0.340 e. The van der Waals surface area contributed by atoms with Crippen LogP contribution in [0.1, 0.15) is 16.7 Å². The fraction of sp³-hybridized carbons (Fsp3) is 0.278. The quantitative estimate of drug-likeness (QED) is 0.481. The molecule has 110 valence electrons. The number of para-hydroxylation sites is 1. The Hall–Kier alpha value is -1.87. The van der Waals surface area contributed by atoms with Gasteiger partial charge in [-0.05, 0) is 44.6 Å². The van der Waals surface area contributed by atoms with Crippen LogP contribution in [0, 0.1) is 13.8 Å². The average Bonchev–Trinajstić information content (AvgIpc) is 2.41. The van der Waals surface area contributed by atoms with E-state index >= 15 is 0 Å². The monoisotopic (exact) mass is 296 g/mol. The second kappa shape index (κ2) is 6.27. The number of hydrogen-bond acceptors (Lipinski definition) is 1. The Labute approximate surface area is 129 Å². The number of benzene rings is 2. The number of hydrogen-bond donors (Lipinski definition) is 1. The molecule has 0 aliphatic carbocycles. The van der Waals surface area contributed by atoms with Crippen molar-refractivity contribution in [3.05, 3.63) is 65.2 Å². The molecule has 0 radical (unpaired) electrons. The highest BCUT2D eigenvalue weighted by atomic mass is 28.3. The van der Waals surface area contributed by atoms with Gasteiger partial charge in [-0.3, -0.25) is 0 Å². The van der Waals surface area contributed by atoms with Gasteiger partial charge in [-0.2, -0.15) is 0 Å². The molecule has 0 fully saturated rings. The van der Waals surface area contributed by atoms with Gasteiger partial charge in [0.2, 0.25) is 0 Å². The molecule has 0 aliphatic rings. The first-order chi connectivity index (χ1) is 9.87. The summed E-state index contributed by atoms with van der Waals surface area (Å²) in [6.07, 6.45) is 0. The van der Waals surface area contributed by atoms with Crippen molar-refractivity contribution >= 4 is 19.8 Å². The van der Waals surface area contributed by atoms with Crippen LogP contribution in [0.25, 0.3) is 0 Å². The molecule has 0 aliphatic heterocycles. The van der Waals surface area contributed by atoms with Crippen LogP contribution >= 0.6 is 0 Å². The number of amidine groups is 1. The van der Waals surface area contributed by atoms with Crippen molar-refractivity contribution in [2.24, 2.45) is 4.66 Å². The summed E-state index contributed by atoms with van der Waals surface area (Å²) in [4.78, 5) is 0. The lowest BCUT2D eigenvalue weighted by atomic mass is 10.1. The van der Waals surface area contributed by atoms with Gasteiger partial charge in [0, 0.05) is 11.3 Å². The third-order valence-corrected chi connectivity index (χ3v) is 4.11. The smallest absolute Gasteiger partial charge is 0.175 e. The van der Waals surface area contributed by atoms with Gasteiger partial charge in [0.05, 0.1) is 0 Å². The van der Waals surface area contributed by atoms with Gasteiger partial charge in [-0.15, -0.1) is 0 Å². The third kappa shape index (κ3) is 4.30. The number of anilines is 1. The molecular formula is C18H24N2Si. The van der Waals surface area contributed by atoms with Crippen LogP contribution in [0.5, 0.6) is 0 Å². The number of aryl methyl sites for hydroxylation is 2. The lowest BCUT2D eigenvalue weighted by molar-refractivity contribution is 1.36. The summed E-state index contributed by atoms with van der Waals surface area (Å²) in [7, 11) is -1.57. The molecule has 0 saturated carbocycles. The van der Waals surface area contributed by atoms with Gasteiger partial charge in [-0.1, -0.05) is 48.5 Å². The molecule has 1 N–H and O–H groups in total. The van der Waals surface area contributed by atoms with E-state index in [1.54, 1.807) is 0 Å². The summed E-state index contributed by atoms with van der Waals surface area (Å²) in [6.45, 7) is 11.0. The zero-order valence-corrected chi connectivity index (χ0v) is 14.6. The summed E-state index contributed by atoms with van der Waals surface area (Å²) in [5.41, 5.74) is 4.80. The first-order valence-electron chi connectivity index (χ1n) is 7.35. The molecule has 0 amide bonds. The largest absolute Gasteiger partial charge is 0.340 e. The summed E-state index contributed by atoms with van der Waals surface area (Å²) in [6, 6.07) is 16.7. The molecular weight excluding hydrogens is 272 g/mol. The molecule has 2 aromatic rings. The number of nitrogens with zero attached hydrogens (tertiary/aromatic N) is 1. The topological polar surface area (TPSA) is 24.4 Å². The molecule has 2 nitrogen and oxygen atoms in total. The SMILES string of the molecule is Cc1cccc(C)c1N/C(=N/[Si](C)(C)C)c1ccccc1. The van der Waals surface area contributed by atoms with Gasteiger partial charge in [0.25, 0.3) is 0 Å². The van der Waals surface area contributed by atoms with Crippen molar-refractivity contribution in [2.75, 3.05) is 5.32 Å². The molecule has 0 unspecified atom stereocenters. The Morgan fingerprint density at radius 3 is 1.95 bits per heavy atom. The highest BCUT2D eigenvalue weighted by Crippen LogP contribution is 2.21. The minimum absolute atomic E-state index is 0.979. The van der Waals surface area contributed by atoms with Gasteiger partial charge >= 0.3 is 0 Å². The van der Waals surface area contributed by atoms with E-state index in [1.807, 2.05) is 6.07 Å². The van der Waals surface area contributed by atoms with E-state index in [4.69, 9.17) is 4.66 Å².